The summed E-state index contributed by atoms with van der Waals surface area (Å²) in [7, 11) is 1.59. The minimum absolute atomic E-state index is 0.0809. The Balaban J connectivity index is 1.83. The molecule has 1 aromatic heterocycles. The Morgan fingerprint density at radius 1 is 1.13 bits per heavy atom. The van der Waals surface area contributed by atoms with Crippen LogP contribution in [0.15, 0.2) is 42.6 Å². The standard InChI is InChI=1S/C24H32N4O3/c1-5-24(2,3)26-22(29)17-28(19-9-11-20(31-4)12-10-19)23(30)18-8-13-21(25-16-18)27-14-6-7-15-27/h8-13,16H,5-7,14-15,17H2,1-4H3,(H,26,29). The number of methoxy groups -OCH3 is 1. The van der Waals surface area contributed by atoms with Gasteiger partial charge in [-0.15, -0.1) is 0 Å². The fraction of sp³-hybridized carbons (Fsp3) is 0.458. The van der Waals surface area contributed by atoms with E-state index in [1.807, 2.05) is 26.8 Å². The molecule has 0 aliphatic carbocycles. The van der Waals surface area contributed by atoms with Crippen LogP contribution in [-0.4, -0.2) is 49.1 Å². The van der Waals surface area contributed by atoms with Crippen molar-refractivity contribution in [2.45, 2.75) is 45.6 Å². The van der Waals surface area contributed by atoms with Crippen molar-refractivity contribution >= 4 is 23.3 Å². The lowest BCUT2D eigenvalue weighted by atomic mass is 10.0. The van der Waals surface area contributed by atoms with Crippen LogP contribution < -0.4 is 19.9 Å². The number of nitrogens with one attached hydrogen (secondary N) is 1. The summed E-state index contributed by atoms with van der Waals surface area (Å²) >= 11 is 0. The lowest BCUT2D eigenvalue weighted by Gasteiger charge is -2.28. The Kier molecular flexibility index (Phi) is 7.15. The number of hydrogen-bond acceptors (Lipinski definition) is 5. The largest absolute Gasteiger partial charge is 0.497 e. The van der Waals surface area contributed by atoms with Crippen LogP contribution in [0.4, 0.5) is 11.5 Å². The number of benzene rings is 1. The first-order valence-electron chi connectivity index (χ1n) is 10.8. The number of amides is 2. The van der Waals surface area contributed by atoms with Gasteiger partial charge in [0.25, 0.3) is 5.91 Å². The SMILES string of the molecule is CCC(C)(C)NC(=O)CN(C(=O)c1ccc(N2CCCC2)nc1)c1ccc(OC)cc1. The second-order valence-corrected chi connectivity index (χ2v) is 8.47. The molecule has 166 valence electrons. The van der Waals surface area contributed by atoms with E-state index < -0.39 is 0 Å². The van der Waals surface area contributed by atoms with Crippen molar-refractivity contribution in [3.8, 4) is 5.75 Å². The fourth-order valence-electron chi connectivity index (χ4n) is 3.49. The molecule has 1 fully saturated rings. The summed E-state index contributed by atoms with van der Waals surface area (Å²) in [5.41, 5.74) is 0.727. The minimum Gasteiger partial charge on any atom is -0.497 e. The van der Waals surface area contributed by atoms with E-state index in [1.165, 1.54) is 4.90 Å². The van der Waals surface area contributed by atoms with Gasteiger partial charge in [0.1, 0.15) is 18.1 Å². The summed E-state index contributed by atoms with van der Waals surface area (Å²) in [5.74, 6) is 1.09. The maximum atomic E-state index is 13.4. The summed E-state index contributed by atoms with van der Waals surface area (Å²) in [6.45, 7) is 7.84. The number of rotatable bonds is 8. The molecule has 0 spiro atoms. The third-order valence-corrected chi connectivity index (χ3v) is 5.72. The second kappa shape index (κ2) is 9.81. The van der Waals surface area contributed by atoms with Crippen molar-refractivity contribution in [1.82, 2.24) is 10.3 Å². The molecular formula is C24H32N4O3. The number of ether oxygens (including phenoxy) is 1. The van der Waals surface area contributed by atoms with Crippen molar-refractivity contribution in [1.29, 1.82) is 0 Å². The first kappa shape index (κ1) is 22.6. The molecular weight excluding hydrogens is 392 g/mol. The smallest absolute Gasteiger partial charge is 0.260 e. The monoisotopic (exact) mass is 424 g/mol. The lowest BCUT2D eigenvalue weighted by molar-refractivity contribution is -0.121. The van der Waals surface area contributed by atoms with Gasteiger partial charge in [0.2, 0.25) is 5.91 Å². The Bertz CT molecular complexity index is 888. The molecule has 7 nitrogen and oxygen atoms in total. The van der Waals surface area contributed by atoms with E-state index in [-0.39, 0.29) is 23.9 Å². The van der Waals surface area contributed by atoms with Gasteiger partial charge in [-0.25, -0.2) is 4.98 Å². The molecule has 1 aliphatic rings. The van der Waals surface area contributed by atoms with Crippen molar-refractivity contribution in [2.75, 3.05) is 36.5 Å². The summed E-state index contributed by atoms with van der Waals surface area (Å²) < 4.78 is 5.22. The summed E-state index contributed by atoms with van der Waals surface area (Å²) in [6.07, 6.45) is 4.71. The van der Waals surface area contributed by atoms with E-state index in [1.54, 1.807) is 43.6 Å². The van der Waals surface area contributed by atoms with Gasteiger partial charge in [-0.1, -0.05) is 6.92 Å². The summed E-state index contributed by atoms with van der Waals surface area (Å²) in [5, 5.41) is 3.00. The van der Waals surface area contributed by atoms with Gasteiger partial charge in [-0.05, 0) is 69.5 Å². The van der Waals surface area contributed by atoms with Gasteiger partial charge >= 0.3 is 0 Å². The first-order chi connectivity index (χ1) is 14.8. The van der Waals surface area contributed by atoms with Crippen LogP contribution in [-0.2, 0) is 4.79 Å². The van der Waals surface area contributed by atoms with Crippen LogP contribution in [0.5, 0.6) is 5.75 Å². The molecule has 1 aliphatic heterocycles. The first-order valence-corrected chi connectivity index (χ1v) is 10.8. The highest BCUT2D eigenvalue weighted by Crippen LogP contribution is 2.23. The second-order valence-electron chi connectivity index (χ2n) is 8.47. The lowest BCUT2D eigenvalue weighted by Crippen LogP contribution is -2.48. The number of nitrogens with zero attached hydrogens (tertiary/aromatic N) is 3. The molecule has 0 saturated carbocycles. The van der Waals surface area contributed by atoms with Gasteiger partial charge in [0.15, 0.2) is 0 Å². The van der Waals surface area contributed by atoms with Crippen LogP contribution in [0.3, 0.4) is 0 Å². The average molecular weight is 425 g/mol. The van der Waals surface area contributed by atoms with E-state index in [4.69, 9.17) is 4.74 Å². The fourth-order valence-corrected chi connectivity index (χ4v) is 3.49. The Labute approximate surface area is 184 Å². The third-order valence-electron chi connectivity index (χ3n) is 5.72. The number of hydrogen-bond donors (Lipinski definition) is 1. The molecule has 31 heavy (non-hydrogen) atoms. The van der Waals surface area contributed by atoms with Crippen molar-refractivity contribution in [3.63, 3.8) is 0 Å². The predicted octanol–water partition coefficient (Wildman–Crippen LogP) is 3.64. The molecule has 2 aromatic rings. The van der Waals surface area contributed by atoms with Crippen LogP contribution in [0.1, 0.15) is 50.4 Å². The van der Waals surface area contributed by atoms with Gasteiger partial charge in [-0.2, -0.15) is 0 Å². The summed E-state index contributed by atoms with van der Waals surface area (Å²) in [4.78, 5) is 34.3. The minimum atomic E-state index is -0.343. The zero-order valence-corrected chi connectivity index (χ0v) is 18.9. The molecule has 0 radical (unpaired) electrons. The maximum Gasteiger partial charge on any atom is 0.260 e. The molecule has 7 heteroatoms. The van der Waals surface area contributed by atoms with Crippen molar-refractivity contribution in [3.05, 3.63) is 48.2 Å². The maximum absolute atomic E-state index is 13.4. The van der Waals surface area contributed by atoms with Crippen molar-refractivity contribution < 1.29 is 14.3 Å². The highest BCUT2D eigenvalue weighted by molar-refractivity contribution is 6.08. The van der Waals surface area contributed by atoms with Crippen LogP contribution in [0.2, 0.25) is 0 Å². The molecule has 0 unspecified atom stereocenters. The normalized spacial score (nSPS) is 13.7. The van der Waals surface area contributed by atoms with Gasteiger partial charge in [0, 0.05) is 30.5 Å². The highest BCUT2D eigenvalue weighted by Gasteiger charge is 2.25. The number of carbonyl (C=O) groups is 2. The molecule has 2 amide bonds. The zero-order chi connectivity index (χ0) is 22.4. The Hall–Kier alpha value is -3.09. The van der Waals surface area contributed by atoms with Gasteiger partial charge in [0.05, 0.1) is 12.7 Å². The third kappa shape index (κ3) is 5.75. The molecule has 1 N–H and O–H groups in total. The van der Waals surface area contributed by atoms with Gasteiger partial charge < -0.3 is 15.0 Å². The number of aromatic nitrogens is 1. The van der Waals surface area contributed by atoms with Gasteiger partial charge in [-0.3, -0.25) is 14.5 Å². The molecule has 0 bridgehead atoms. The molecule has 2 heterocycles. The Morgan fingerprint density at radius 2 is 1.81 bits per heavy atom. The average Bonchev–Trinajstić information content (AvgIpc) is 3.32. The van der Waals surface area contributed by atoms with E-state index in [2.05, 4.69) is 15.2 Å². The van der Waals surface area contributed by atoms with Crippen LogP contribution >= 0.6 is 0 Å². The van der Waals surface area contributed by atoms with E-state index >= 15 is 0 Å². The highest BCUT2D eigenvalue weighted by atomic mass is 16.5. The molecule has 0 atom stereocenters. The van der Waals surface area contributed by atoms with E-state index in [0.29, 0.717) is 17.0 Å². The Morgan fingerprint density at radius 3 is 2.35 bits per heavy atom. The number of carbonyl (C=O) groups excluding carboxylic acids is 2. The summed E-state index contributed by atoms with van der Waals surface area (Å²) in [6, 6.07) is 10.8. The van der Waals surface area contributed by atoms with Crippen molar-refractivity contribution in [2.24, 2.45) is 0 Å². The zero-order valence-electron chi connectivity index (χ0n) is 18.9. The van der Waals surface area contributed by atoms with Crippen LogP contribution in [0.25, 0.3) is 0 Å². The number of anilines is 2. The molecule has 1 aromatic carbocycles. The van der Waals surface area contributed by atoms with E-state index in [0.717, 1.165) is 38.2 Å². The quantitative estimate of drug-likeness (QED) is 0.700. The van der Waals surface area contributed by atoms with E-state index in [9.17, 15) is 9.59 Å². The van der Waals surface area contributed by atoms with Crippen LogP contribution in [0, 0.1) is 0 Å². The molecule has 1 saturated heterocycles. The topological polar surface area (TPSA) is 74.8 Å². The predicted molar refractivity (Wildman–Crippen MR) is 123 cm³/mol. The molecule has 3 rings (SSSR count). The number of pyridine rings is 1.